The summed E-state index contributed by atoms with van der Waals surface area (Å²) in [5.41, 5.74) is -3.35. The Morgan fingerprint density at radius 3 is 2.31 bits per heavy atom. The molecule has 2 rings (SSSR count). The number of aliphatic imine (C=N–C) groups is 1. The lowest BCUT2D eigenvalue weighted by Gasteiger charge is -2.36. The fourth-order valence-electron chi connectivity index (χ4n) is 3.44. The number of rotatable bonds is 9. The Labute approximate surface area is 190 Å². The van der Waals surface area contributed by atoms with E-state index in [0.717, 1.165) is 11.6 Å². The highest BCUT2D eigenvalue weighted by Crippen LogP contribution is 2.39. The number of hydrogen-bond donors (Lipinski definition) is 0. The molecule has 0 unspecified atom stereocenters. The highest BCUT2D eigenvalue weighted by atomic mass is 32.2. The second kappa shape index (κ2) is 9.95. The zero-order valence-corrected chi connectivity index (χ0v) is 21.5. The van der Waals surface area contributed by atoms with Gasteiger partial charge in [-0.3, -0.25) is 4.99 Å². The van der Waals surface area contributed by atoms with Crippen LogP contribution < -0.4 is 0 Å². The molecule has 0 radical (unpaired) electrons. The summed E-state index contributed by atoms with van der Waals surface area (Å²) in [7, 11) is -5.89. The van der Waals surface area contributed by atoms with Crippen molar-refractivity contribution in [2.45, 2.75) is 75.0 Å². The number of halogens is 3. The zero-order valence-electron chi connectivity index (χ0n) is 19.7. The number of benzene rings is 1. The molecule has 1 aromatic rings. The smallest absolute Gasteiger partial charge is 0.416 e. The molecule has 32 heavy (non-hydrogen) atoms. The van der Waals surface area contributed by atoms with Gasteiger partial charge in [-0.1, -0.05) is 26.8 Å². The highest BCUT2D eigenvalue weighted by molar-refractivity contribution is 7.92. The summed E-state index contributed by atoms with van der Waals surface area (Å²) in [6.07, 6.45) is 2.01. The van der Waals surface area contributed by atoms with Crippen LogP contribution in [0.1, 0.15) is 50.3 Å². The van der Waals surface area contributed by atoms with E-state index in [-0.39, 0.29) is 10.6 Å². The van der Waals surface area contributed by atoms with Gasteiger partial charge in [0.05, 0.1) is 4.90 Å². The van der Waals surface area contributed by atoms with Crippen LogP contribution in [-0.2, 0) is 31.8 Å². The molecule has 0 bridgehead atoms. The number of fused-ring (bicyclic) bond motifs is 1. The maximum absolute atomic E-state index is 13.4. The highest BCUT2D eigenvalue weighted by Gasteiger charge is 2.49. The zero-order chi connectivity index (χ0) is 24.4. The Balaban J connectivity index is 2.42. The summed E-state index contributed by atoms with van der Waals surface area (Å²) in [5, 5.41) is 0.0433. The molecule has 0 heterocycles. The Bertz CT molecular complexity index is 951. The van der Waals surface area contributed by atoms with Crippen molar-refractivity contribution >= 4 is 23.9 Å². The molecular formula is C22H34F3NO4SSi. The van der Waals surface area contributed by atoms with Crippen LogP contribution in [-0.4, -0.2) is 54.8 Å². The van der Waals surface area contributed by atoms with Gasteiger partial charge in [0.25, 0.3) is 9.84 Å². The Kier molecular flexibility index (Phi) is 8.40. The quantitative estimate of drug-likeness (QED) is 0.345. The molecule has 0 aliphatic heterocycles. The summed E-state index contributed by atoms with van der Waals surface area (Å²) in [6.45, 7) is 12.0. The van der Waals surface area contributed by atoms with Crippen LogP contribution in [0.25, 0.3) is 0 Å². The average Bonchev–Trinajstić information content (AvgIpc) is 3.07. The first kappa shape index (κ1) is 27.0. The summed E-state index contributed by atoms with van der Waals surface area (Å²) < 4.78 is 75.8. The normalized spacial score (nSPS) is 16.6. The van der Waals surface area contributed by atoms with Gasteiger partial charge in [0.1, 0.15) is 0 Å². The van der Waals surface area contributed by atoms with E-state index < -0.39 is 28.6 Å². The van der Waals surface area contributed by atoms with E-state index in [9.17, 15) is 21.6 Å². The van der Waals surface area contributed by atoms with Crippen LogP contribution in [0.15, 0.2) is 22.0 Å². The van der Waals surface area contributed by atoms with Crippen molar-refractivity contribution in [1.82, 2.24) is 0 Å². The fourth-order valence-corrected chi connectivity index (χ4v) is 5.49. The SMILES string of the molecule is COCCCN=C1CCc2c(CCO[Si](C)(C)C(C)(C)C)ccc(S(=O)(=O)C(F)(F)F)c21. The van der Waals surface area contributed by atoms with Crippen LogP contribution in [0.3, 0.4) is 0 Å². The van der Waals surface area contributed by atoms with Crippen LogP contribution >= 0.6 is 0 Å². The third kappa shape index (κ3) is 5.81. The van der Waals surface area contributed by atoms with Crippen molar-refractivity contribution in [3.05, 3.63) is 28.8 Å². The second-order valence-corrected chi connectivity index (χ2v) is 16.3. The van der Waals surface area contributed by atoms with E-state index in [4.69, 9.17) is 9.16 Å². The van der Waals surface area contributed by atoms with E-state index in [1.807, 2.05) is 0 Å². The van der Waals surface area contributed by atoms with Crippen LogP contribution in [0.2, 0.25) is 18.1 Å². The number of methoxy groups -OCH3 is 1. The molecule has 1 aromatic carbocycles. The lowest BCUT2D eigenvalue weighted by molar-refractivity contribution is -0.0436. The predicted octanol–water partition coefficient (Wildman–Crippen LogP) is 5.32. The molecule has 0 N–H and O–H groups in total. The van der Waals surface area contributed by atoms with Gasteiger partial charge in [0.2, 0.25) is 0 Å². The molecule has 1 aliphatic carbocycles. The number of ether oxygens (including phenoxy) is 1. The molecule has 1 aliphatic rings. The van der Waals surface area contributed by atoms with Gasteiger partial charge < -0.3 is 9.16 Å². The second-order valence-electron chi connectivity index (χ2n) is 9.56. The predicted molar refractivity (Wildman–Crippen MR) is 123 cm³/mol. The summed E-state index contributed by atoms with van der Waals surface area (Å²) >= 11 is 0. The molecule has 5 nitrogen and oxygen atoms in total. The van der Waals surface area contributed by atoms with Gasteiger partial charge in [-0.15, -0.1) is 0 Å². The Morgan fingerprint density at radius 1 is 1.09 bits per heavy atom. The molecule has 0 atom stereocenters. The van der Waals surface area contributed by atoms with Gasteiger partial charge in [-0.25, -0.2) is 8.42 Å². The minimum absolute atomic E-state index is 0.0433. The number of sulfone groups is 1. The van der Waals surface area contributed by atoms with Gasteiger partial charge in [0.15, 0.2) is 8.32 Å². The summed E-state index contributed by atoms with van der Waals surface area (Å²) in [6, 6.07) is 2.58. The number of hydrogen-bond acceptors (Lipinski definition) is 5. The standard InChI is InChI=1S/C22H34F3NO4SSi/c1-21(2,3)32(5,6)30-15-12-16-8-11-19(31(27,28)22(23,24)25)20-17(16)9-10-18(20)26-13-7-14-29-4/h8,11H,7,9-10,12-15H2,1-6H3. The van der Waals surface area contributed by atoms with Gasteiger partial charge in [-0.2, -0.15) is 13.2 Å². The van der Waals surface area contributed by atoms with Crippen molar-refractivity contribution in [1.29, 1.82) is 0 Å². The van der Waals surface area contributed by atoms with Crippen LogP contribution in [0.4, 0.5) is 13.2 Å². The first-order valence-electron chi connectivity index (χ1n) is 10.8. The van der Waals surface area contributed by atoms with Crippen LogP contribution in [0.5, 0.6) is 0 Å². The van der Waals surface area contributed by atoms with E-state index in [2.05, 4.69) is 38.9 Å². The van der Waals surface area contributed by atoms with Crippen molar-refractivity contribution in [3.8, 4) is 0 Å². The Morgan fingerprint density at radius 2 is 1.75 bits per heavy atom. The van der Waals surface area contributed by atoms with E-state index >= 15 is 0 Å². The molecule has 0 saturated carbocycles. The maximum Gasteiger partial charge on any atom is 0.501 e. The van der Waals surface area contributed by atoms with Gasteiger partial charge >= 0.3 is 5.51 Å². The van der Waals surface area contributed by atoms with E-state index in [1.54, 1.807) is 7.11 Å². The first-order chi connectivity index (χ1) is 14.6. The molecule has 10 heteroatoms. The van der Waals surface area contributed by atoms with Gasteiger partial charge in [-0.05, 0) is 61.0 Å². The summed E-state index contributed by atoms with van der Waals surface area (Å²) in [4.78, 5) is 3.73. The number of alkyl halides is 3. The largest absolute Gasteiger partial charge is 0.501 e. The molecule has 0 amide bonds. The monoisotopic (exact) mass is 493 g/mol. The topological polar surface area (TPSA) is 65.0 Å². The third-order valence-electron chi connectivity index (χ3n) is 6.32. The number of nitrogens with zero attached hydrogens (tertiary/aromatic N) is 1. The molecule has 0 spiro atoms. The van der Waals surface area contributed by atoms with Gasteiger partial charge in [0, 0.05) is 38.1 Å². The fraction of sp³-hybridized carbons (Fsp3) is 0.682. The van der Waals surface area contributed by atoms with Crippen molar-refractivity contribution in [2.24, 2.45) is 4.99 Å². The van der Waals surface area contributed by atoms with Crippen LogP contribution in [0, 0.1) is 0 Å². The first-order valence-corrected chi connectivity index (χ1v) is 15.2. The molecule has 0 aromatic heterocycles. The summed E-state index contributed by atoms with van der Waals surface area (Å²) in [5.74, 6) is 0. The van der Waals surface area contributed by atoms with E-state index in [1.165, 1.54) is 6.07 Å². The van der Waals surface area contributed by atoms with Crippen molar-refractivity contribution in [3.63, 3.8) is 0 Å². The lowest BCUT2D eigenvalue weighted by atomic mass is 10.0. The molecular weight excluding hydrogens is 459 g/mol. The lowest BCUT2D eigenvalue weighted by Crippen LogP contribution is -2.41. The third-order valence-corrected chi connectivity index (χ3v) is 12.4. The van der Waals surface area contributed by atoms with E-state index in [0.29, 0.717) is 56.7 Å². The van der Waals surface area contributed by atoms with Crippen molar-refractivity contribution in [2.75, 3.05) is 26.9 Å². The van der Waals surface area contributed by atoms with Crippen molar-refractivity contribution < 1.29 is 30.8 Å². The minimum atomic E-state index is -5.48. The maximum atomic E-state index is 13.4. The molecule has 182 valence electrons. The average molecular weight is 494 g/mol. The molecule has 0 fully saturated rings. The molecule has 0 saturated heterocycles. The Hall–Kier alpha value is -1.23. The minimum Gasteiger partial charge on any atom is -0.416 e.